The van der Waals surface area contributed by atoms with Crippen molar-refractivity contribution < 1.29 is 0 Å². The van der Waals surface area contributed by atoms with E-state index in [9.17, 15) is 0 Å². The molecular weight excluding hydrogens is 631 g/mol. The molecular formula is C49H41N3. The summed E-state index contributed by atoms with van der Waals surface area (Å²) in [5.41, 5.74) is 10.8. The van der Waals surface area contributed by atoms with Gasteiger partial charge in [0.1, 0.15) is 0 Å². The Hall–Kier alpha value is -5.93. The summed E-state index contributed by atoms with van der Waals surface area (Å²) >= 11 is 0. The Labute approximate surface area is 306 Å². The van der Waals surface area contributed by atoms with Crippen molar-refractivity contribution >= 4 is 16.3 Å². The van der Waals surface area contributed by atoms with Crippen molar-refractivity contribution in [3.63, 3.8) is 0 Å². The molecule has 6 aromatic carbocycles. The van der Waals surface area contributed by atoms with Crippen molar-refractivity contribution in [2.24, 2.45) is 0 Å². The molecule has 2 aliphatic rings. The molecule has 0 aliphatic heterocycles. The molecule has 7 aromatic rings. The van der Waals surface area contributed by atoms with Gasteiger partial charge >= 0.3 is 0 Å². The fourth-order valence-corrected chi connectivity index (χ4v) is 8.28. The summed E-state index contributed by atoms with van der Waals surface area (Å²) in [7, 11) is 0. The SMILES string of the molecule is C1=CC(c2nc(-c3ccc(C4(c5ccc(-c6cccc(-c7ccccc7)c6)cc5)CCCCC4)cc3)nc(-c3cccc4ccccc34)n2)=CCC1. The van der Waals surface area contributed by atoms with E-state index in [2.05, 4.69) is 164 Å². The molecule has 0 spiro atoms. The summed E-state index contributed by atoms with van der Waals surface area (Å²) in [6.07, 6.45) is 14.7. The highest BCUT2D eigenvalue weighted by Crippen LogP contribution is 2.46. The van der Waals surface area contributed by atoms with E-state index < -0.39 is 0 Å². The van der Waals surface area contributed by atoms with Crippen LogP contribution in [0.15, 0.2) is 164 Å². The first-order chi connectivity index (χ1) is 25.7. The van der Waals surface area contributed by atoms with Crippen molar-refractivity contribution in [1.29, 1.82) is 0 Å². The fraction of sp³-hybridized carbons (Fsp3) is 0.163. The highest BCUT2D eigenvalue weighted by molar-refractivity contribution is 5.95. The van der Waals surface area contributed by atoms with Crippen molar-refractivity contribution in [2.45, 2.75) is 50.4 Å². The molecule has 1 fully saturated rings. The maximum Gasteiger partial charge on any atom is 0.164 e. The van der Waals surface area contributed by atoms with Crippen LogP contribution in [0.2, 0.25) is 0 Å². The van der Waals surface area contributed by atoms with Gasteiger partial charge in [0.15, 0.2) is 17.5 Å². The molecule has 1 aromatic heterocycles. The molecule has 252 valence electrons. The largest absolute Gasteiger partial charge is 0.208 e. The number of hydrogen-bond donors (Lipinski definition) is 0. The second-order valence-electron chi connectivity index (χ2n) is 14.2. The van der Waals surface area contributed by atoms with Gasteiger partial charge in [-0.3, -0.25) is 0 Å². The van der Waals surface area contributed by atoms with Crippen LogP contribution in [-0.4, -0.2) is 15.0 Å². The minimum absolute atomic E-state index is 0.0166. The minimum Gasteiger partial charge on any atom is -0.208 e. The number of hydrogen-bond acceptors (Lipinski definition) is 3. The van der Waals surface area contributed by atoms with E-state index >= 15 is 0 Å². The van der Waals surface area contributed by atoms with E-state index in [-0.39, 0.29) is 5.41 Å². The topological polar surface area (TPSA) is 38.7 Å². The normalized spacial score (nSPS) is 15.3. The molecule has 52 heavy (non-hydrogen) atoms. The number of allylic oxidation sites excluding steroid dienone is 4. The maximum atomic E-state index is 5.13. The van der Waals surface area contributed by atoms with Gasteiger partial charge in [-0.1, -0.05) is 177 Å². The van der Waals surface area contributed by atoms with Crippen LogP contribution >= 0.6 is 0 Å². The first-order valence-electron chi connectivity index (χ1n) is 18.7. The number of rotatable bonds is 7. The number of aromatic nitrogens is 3. The highest BCUT2D eigenvalue weighted by Gasteiger charge is 2.35. The van der Waals surface area contributed by atoms with Crippen molar-refractivity contribution in [3.8, 4) is 45.0 Å². The third-order valence-electron chi connectivity index (χ3n) is 11.1. The van der Waals surface area contributed by atoms with E-state index in [0.717, 1.165) is 53.6 Å². The van der Waals surface area contributed by atoms with E-state index in [0.29, 0.717) is 11.6 Å². The van der Waals surface area contributed by atoms with Crippen LogP contribution in [0.1, 0.15) is 61.9 Å². The molecule has 0 bridgehead atoms. The van der Waals surface area contributed by atoms with Gasteiger partial charge in [0.25, 0.3) is 0 Å². The van der Waals surface area contributed by atoms with E-state index in [1.807, 2.05) is 0 Å². The predicted molar refractivity (Wildman–Crippen MR) is 216 cm³/mol. The van der Waals surface area contributed by atoms with Crippen LogP contribution in [0.3, 0.4) is 0 Å². The average Bonchev–Trinajstić information content (AvgIpc) is 3.24. The predicted octanol–water partition coefficient (Wildman–Crippen LogP) is 12.7. The van der Waals surface area contributed by atoms with Crippen molar-refractivity contribution in [1.82, 2.24) is 15.0 Å². The molecule has 3 heteroatoms. The van der Waals surface area contributed by atoms with Gasteiger partial charge in [0.2, 0.25) is 0 Å². The zero-order chi connectivity index (χ0) is 34.7. The van der Waals surface area contributed by atoms with Crippen LogP contribution in [0.25, 0.3) is 61.4 Å². The zero-order valence-electron chi connectivity index (χ0n) is 29.4. The van der Waals surface area contributed by atoms with Gasteiger partial charge < -0.3 is 0 Å². The number of nitrogens with zero attached hydrogens (tertiary/aromatic N) is 3. The van der Waals surface area contributed by atoms with E-state index in [1.54, 1.807) is 0 Å². The van der Waals surface area contributed by atoms with Gasteiger partial charge in [0, 0.05) is 22.1 Å². The van der Waals surface area contributed by atoms with Crippen molar-refractivity contribution in [2.75, 3.05) is 0 Å². The molecule has 2 aliphatic carbocycles. The lowest BCUT2D eigenvalue weighted by atomic mass is 9.65. The summed E-state index contributed by atoms with van der Waals surface area (Å²) in [6, 6.07) is 52.8. The summed E-state index contributed by atoms with van der Waals surface area (Å²) in [5.74, 6) is 2.14. The van der Waals surface area contributed by atoms with Gasteiger partial charge in [-0.05, 0) is 75.9 Å². The third kappa shape index (κ3) is 6.17. The second kappa shape index (κ2) is 14.0. The third-order valence-corrected chi connectivity index (χ3v) is 11.1. The molecule has 1 saturated carbocycles. The molecule has 1 heterocycles. The Morgan fingerprint density at radius 3 is 1.77 bits per heavy atom. The van der Waals surface area contributed by atoms with Gasteiger partial charge in [-0.15, -0.1) is 0 Å². The van der Waals surface area contributed by atoms with Crippen LogP contribution in [0.4, 0.5) is 0 Å². The molecule has 3 nitrogen and oxygen atoms in total. The lowest BCUT2D eigenvalue weighted by Crippen LogP contribution is -2.30. The second-order valence-corrected chi connectivity index (χ2v) is 14.2. The number of fused-ring (bicyclic) bond motifs is 1. The Morgan fingerprint density at radius 2 is 1.04 bits per heavy atom. The minimum atomic E-state index is -0.0166. The summed E-state index contributed by atoms with van der Waals surface area (Å²) in [6.45, 7) is 0. The molecule has 0 amide bonds. The standard InChI is InChI=1S/C49H41N3/c1-4-14-35(15-5-1)40-20-12-21-41(34-40)36-24-28-42(29-25-36)49(32-10-3-11-33-49)43-30-26-39(27-31-43)47-50-46(38-17-6-2-7-18-38)51-48(52-47)45-23-13-19-37-16-8-9-22-44(37)45/h1,4-6,8-9,12-31,34H,2-3,7,10-11,32-33H2. The molecule has 0 unspecified atom stereocenters. The monoisotopic (exact) mass is 671 g/mol. The first kappa shape index (κ1) is 32.0. The molecule has 0 N–H and O–H groups in total. The van der Waals surface area contributed by atoms with Gasteiger partial charge in [-0.2, -0.15) is 0 Å². The van der Waals surface area contributed by atoms with Gasteiger partial charge in [0.05, 0.1) is 0 Å². The Morgan fingerprint density at radius 1 is 0.442 bits per heavy atom. The van der Waals surface area contributed by atoms with E-state index in [4.69, 9.17) is 15.0 Å². The van der Waals surface area contributed by atoms with Crippen molar-refractivity contribution in [3.05, 3.63) is 181 Å². The smallest absolute Gasteiger partial charge is 0.164 e. The highest BCUT2D eigenvalue weighted by atomic mass is 15.0. The molecule has 9 rings (SSSR count). The van der Waals surface area contributed by atoms with Crippen LogP contribution in [-0.2, 0) is 5.41 Å². The maximum absolute atomic E-state index is 5.13. The van der Waals surface area contributed by atoms with E-state index in [1.165, 1.54) is 58.0 Å². The van der Waals surface area contributed by atoms with Crippen LogP contribution < -0.4 is 0 Å². The Bertz CT molecular complexity index is 2410. The summed E-state index contributed by atoms with van der Waals surface area (Å²) < 4.78 is 0. The summed E-state index contributed by atoms with van der Waals surface area (Å²) in [5, 5.41) is 2.32. The quantitative estimate of drug-likeness (QED) is 0.169. The summed E-state index contributed by atoms with van der Waals surface area (Å²) in [4.78, 5) is 15.3. The number of benzene rings is 6. The Balaban J connectivity index is 1.07. The first-order valence-corrected chi connectivity index (χ1v) is 18.7. The lowest BCUT2D eigenvalue weighted by Gasteiger charge is -2.39. The molecule has 0 saturated heterocycles. The lowest BCUT2D eigenvalue weighted by molar-refractivity contribution is 0.346. The van der Waals surface area contributed by atoms with Crippen LogP contribution in [0, 0.1) is 0 Å². The van der Waals surface area contributed by atoms with Crippen LogP contribution in [0.5, 0.6) is 0 Å². The zero-order valence-corrected chi connectivity index (χ0v) is 29.4. The fourth-order valence-electron chi connectivity index (χ4n) is 8.28. The van der Waals surface area contributed by atoms with Gasteiger partial charge in [-0.25, -0.2) is 15.0 Å². The average molecular weight is 672 g/mol. The molecule has 0 radical (unpaired) electrons. The Kier molecular flexibility index (Phi) is 8.62. The molecule has 0 atom stereocenters.